The van der Waals surface area contributed by atoms with Crippen LogP contribution in [0.15, 0.2) is 48.5 Å². The molecule has 0 saturated heterocycles. The van der Waals surface area contributed by atoms with Gasteiger partial charge >= 0.3 is 0 Å². The predicted molar refractivity (Wildman–Crippen MR) is 112 cm³/mol. The first-order valence-corrected chi connectivity index (χ1v) is 9.79. The molecule has 9 heteroatoms. The molecular formula is C21H19N5O3S. The number of benzene rings is 2. The third-order valence-electron chi connectivity index (χ3n) is 5.01. The molecule has 1 aliphatic heterocycles. The highest BCUT2D eigenvalue weighted by molar-refractivity contribution is 7.71. The summed E-state index contributed by atoms with van der Waals surface area (Å²) in [4.78, 5) is 38.8. The summed E-state index contributed by atoms with van der Waals surface area (Å²) in [6, 6.07) is 13.7. The van der Waals surface area contributed by atoms with Gasteiger partial charge in [0.1, 0.15) is 5.82 Å². The number of hydrogen-bond donors (Lipinski definition) is 2. The van der Waals surface area contributed by atoms with Crippen LogP contribution in [0, 0.1) is 4.77 Å². The minimum absolute atomic E-state index is 0.109. The van der Waals surface area contributed by atoms with Crippen LogP contribution in [-0.4, -0.2) is 43.9 Å². The van der Waals surface area contributed by atoms with Crippen LogP contribution in [0.4, 0.5) is 0 Å². The van der Waals surface area contributed by atoms with Crippen molar-refractivity contribution in [3.05, 3.63) is 81.4 Å². The van der Waals surface area contributed by atoms with Crippen molar-refractivity contribution in [3.63, 3.8) is 0 Å². The molecule has 3 aromatic rings. The van der Waals surface area contributed by atoms with Gasteiger partial charge in [-0.05, 0) is 42.0 Å². The van der Waals surface area contributed by atoms with E-state index in [9.17, 15) is 14.4 Å². The monoisotopic (exact) mass is 421 g/mol. The summed E-state index contributed by atoms with van der Waals surface area (Å²) in [6.07, 6.45) is 0.532. The van der Waals surface area contributed by atoms with E-state index >= 15 is 0 Å². The fourth-order valence-corrected chi connectivity index (χ4v) is 3.52. The molecule has 4 rings (SSSR count). The molecule has 1 aliphatic rings. The Morgan fingerprint density at radius 2 is 1.80 bits per heavy atom. The number of imide groups is 1. The molecule has 0 aliphatic carbocycles. The first-order chi connectivity index (χ1) is 14.5. The van der Waals surface area contributed by atoms with E-state index < -0.39 is 0 Å². The maximum Gasteiger partial charge on any atom is 0.261 e. The number of hydrogen-bond acceptors (Lipinski definition) is 5. The van der Waals surface area contributed by atoms with Crippen LogP contribution in [0.25, 0.3) is 0 Å². The molecule has 2 heterocycles. The number of aromatic amines is 1. The fourth-order valence-electron chi connectivity index (χ4n) is 3.37. The zero-order chi connectivity index (χ0) is 21.3. The van der Waals surface area contributed by atoms with Crippen LogP contribution >= 0.6 is 12.2 Å². The van der Waals surface area contributed by atoms with Crippen LogP contribution < -0.4 is 5.32 Å². The maximum absolute atomic E-state index is 12.5. The fraction of sp³-hybridized carbons (Fsp3) is 0.190. The molecule has 0 spiro atoms. The van der Waals surface area contributed by atoms with E-state index in [1.807, 2.05) is 7.05 Å². The number of nitrogens with zero attached hydrogens (tertiary/aromatic N) is 3. The van der Waals surface area contributed by atoms with Crippen molar-refractivity contribution in [2.75, 3.05) is 6.54 Å². The minimum atomic E-state index is -0.321. The lowest BCUT2D eigenvalue weighted by atomic mass is 10.1. The number of H-pyrrole nitrogens is 1. The normalized spacial score (nSPS) is 12.9. The first kappa shape index (κ1) is 19.7. The van der Waals surface area contributed by atoms with E-state index in [-0.39, 0.29) is 24.3 Å². The number of carbonyl (C=O) groups excluding carboxylic acids is 3. The summed E-state index contributed by atoms with van der Waals surface area (Å²) in [5.74, 6) is -0.132. The van der Waals surface area contributed by atoms with Crippen LogP contribution in [0.2, 0.25) is 0 Å². The molecule has 8 nitrogen and oxygen atoms in total. The Bertz CT molecular complexity index is 1180. The number of rotatable bonds is 6. The van der Waals surface area contributed by atoms with E-state index in [0.717, 1.165) is 5.82 Å². The van der Waals surface area contributed by atoms with Crippen molar-refractivity contribution >= 4 is 29.9 Å². The quantitative estimate of drug-likeness (QED) is 0.470. The van der Waals surface area contributed by atoms with Crippen molar-refractivity contribution in [2.45, 2.75) is 13.0 Å². The topological polar surface area (TPSA) is 100 Å². The molecule has 0 saturated carbocycles. The van der Waals surface area contributed by atoms with Crippen LogP contribution in [-0.2, 0) is 20.0 Å². The minimum Gasteiger partial charge on any atom is -0.352 e. The molecular weight excluding hydrogens is 402 g/mol. The molecule has 0 bridgehead atoms. The van der Waals surface area contributed by atoms with Crippen molar-refractivity contribution < 1.29 is 14.4 Å². The Hall–Kier alpha value is -3.59. The van der Waals surface area contributed by atoms with Crippen LogP contribution in [0.1, 0.15) is 42.5 Å². The SMILES string of the molecule is Cn1c(CCNC(=O)c2cccc(CN3C(=O)c4ccccc4C3=O)c2)n[nH]c1=S. The zero-order valence-corrected chi connectivity index (χ0v) is 17.0. The number of carbonyl (C=O) groups is 3. The van der Waals surface area contributed by atoms with Crippen molar-refractivity contribution in [3.8, 4) is 0 Å². The lowest BCUT2D eigenvalue weighted by Gasteiger charge is -2.14. The zero-order valence-electron chi connectivity index (χ0n) is 16.2. The average molecular weight is 421 g/mol. The molecule has 0 radical (unpaired) electrons. The Morgan fingerprint density at radius 1 is 1.10 bits per heavy atom. The number of fused-ring (bicyclic) bond motifs is 1. The van der Waals surface area contributed by atoms with Gasteiger partial charge in [0.15, 0.2) is 4.77 Å². The Balaban J connectivity index is 1.41. The van der Waals surface area contributed by atoms with Gasteiger partial charge in [-0.25, -0.2) is 0 Å². The van der Waals surface area contributed by atoms with Gasteiger partial charge < -0.3 is 9.88 Å². The lowest BCUT2D eigenvalue weighted by molar-refractivity contribution is 0.0642. The third kappa shape index (κ3) is 3.67. The van der Waals surface area contributed by atoms with Crippen LogP contribution in [0.3, 0.4) is 0 Å². The molecule has 1 aromatic heterocycles. The molecule has 0 fully saturated rings. The molecule has 30 heavy (non-hydrogen) atoms. The summed E-state index contributed by atoms with van der Waals surface area (Å²) >= 11 is 5.07. The Labute approximate surface area is 177 Å². The molecule has 0 atom stereocenters. The van der Waals surface area contributed by atoms with E-state index in [0.29, 0.717) is 40.0 Å². The second-order valence-corrected chi connectivity index (χ2v) is 7.34. The molecule has 2 N–H and O–H groups in total. The van der Waals surface area contributed by atoms with E-state index in [1.54, 1.807) is 53.1 Å². The van der Waals surface area contributed by atoms with Gasteiger partial charge in [0.05, 0.1) is 17.7 Å². The second-order valence-electron chi connectivity index (χ2n) is 6.95. The predicted octanol–water partition coefficient (Wildman–Crippen LogP) is 2.25. The molecule has 3 amide bonds. The first-order valence-electron chi connectivity index (χ1n) is 9.38. The molecule has 2 aromatic carbocycles. The number of aromatic nitrogens is 3. The summed E-state index contributed by atoms with van der Waals surface area (Å²) in [7, 11) is 1.81. The number of nitrogens with one attached hydrogen (secondary N) is 2. The summed E-state index contributed by atoms with van der Waals surface area (Å²) < 4.78 is 2.28. The van der Waals surface area contributed by atoms with Gasteiger partial charge in [0, 0.05) is 25.6 Å². The van der Waals surface area contributed by atoms with Gasteiger partial charge in [-0.2, -0.15) is 5.10 Å². The maximum atomic E-state index is 12.5. The third-order valence-corrected chi connectivity index (χ3v) is 5.38. The summed E-state index contributed by atoms with van der Waals surface area (Å²) in [5, 5.41) is 9.67. The smallest absolute Gasteiger partial charge is 0.261 e. The highest BCUT2D eigenvalue weighted by atomic mass is 32.1. The van der Waals surface area contributed by atoms with Gasteiger partial charge in [-0.3, -0.25) is 24.4 Å². The highest BCUT2D eigenvalue weighted by Crippen LogP contribution is 2.24. The number of amides is 3. The van der Waals surface area contributed by atoms with E-state index in [4.69, 9.17) is 12.2 Å². The second kappa shape index (κ2) is 8.03. The van der Waals surface area contributed by atoms with Crippen LogP contribution in [0.5, 0.6) is 0 Å². The largest absolute Gasteiger partial charge is 0.352 e. The van der Waals surface area contributed by atoms with Gasteiger partial charge in [0.2, 0.25) is 0 Å². The van der Waals surface area contributed by atoms with E-state index in [2.05, 4.69) is 15.5 Å². The van der Waals surface area contributed by atoms with E-state index in [1.165, 1.54) is 4.90 Å². The highest BCUT2D eigenvalue weighted by Gasteiger charge is 2.34. The average Bonchev–Trinajstić information content (AvgIpc) is 3.20. The lowest BCUT2D eigenvalue weighted by Crippen LogP contribution is -2.29. The van der Waals surface area contributed by atoms with Gasteiger partial charge in [0.25, 0.3) is 17.7 Å². The Kier molecular flexibility index (Phi) is 5.28. The Morgan fingerprint density at radius 3 is 2.43 bits per heavy atom. The standard InChI is InChI=1S/C21H19N5O3S/c1-25-17(23-24-21(25)30)9-10-22-18(27)14-6-4-5-13(11-14)12-26-19(28)15-7-2-3-8-16(15)20(26)29/h2-8,11H,9-10,12H2,1H3,(H,22,27)(H,24,30). The molecule has 0 unspecified atom stereocenters. The van der Waals surface area contributed by atoms with Gasteiger partial charge in [-0.1, -0.05) is 24.3 Å². The van der Waals surface area contributed by atoms with Crippen molar-refractivity contribution in [1.29, 1.82) is 0 Å². The molecule has 152 valence electrons. The summed E-state index contributed by atoms with van der Waals surface area (Å²) in [6.45, 7) is 0.507. The van der Waals surface area contributed by atoms with Crippen molar-refractivity contribution in [2.24, 2.45) is 7.05 Å². The van der Waals surface area contributed by atoms with Crippen molar-refractivity contribution in [1.82, 2.24) is 25.0 Å². The van der Waals surface area contributed by atoms with Gasteiger partial charge in [-0.15, -0.1) is 0 Å². The summed E-state index contributed by atoms with van der Waals surface area (Å²) in [5.41, 5.74) is 1.97.